The van der Waals surface area contributed by atoms with E-state index in [-0.39, 0.29) is 18.0 Å². The Bertz CT molecular complexity index is 1690. The Morgan fingerprint density at radius 2 is 1.95 bits per heavy atom. The smallest absolute Gasteiger partial charge is 0.251 e. The van der Waals surface area contributed by atoms with Gasteiger partial charge >= 0.3 is 0 Å². The van der Waals surface area contributed by atoms with Crippen LogP contribution in [-0.2, 0) is 9.53 Å². The van der Waals surface area contributed by atoms with E-state index in [1.807, 2.05) is 24.4 Å². The van der Waals surface area contributed by atoms with Crippen LogP contribution in [0.25, 0.3) is 27.5 Å². The molecule has 0 unspecified atom stereocenters. The summed E-state index contributed by atoms with van der Waals surface area (Å²) in [6.07, 6.45) is 5.45. The van der Waals surface area contributed by atoms with Gasteiger partial charge in [-0.25, -0.2) is 4.52 Å². The molecule has 216 valence electrons. The summed E-state index contributed by atoms with van der Waals surface area (Å²) in [6.45, 7) is 5.87. The lowest BCUT2D eigenvalue weighted by molar-refractivity contribution is -0.137. The first-order valence-corrected chi connectivity index (χ1v) is 14.9. The van der Waals surface area contributed by atoms with Crippen LogP contribution in [0, 0.1) is 23.2 Å². The fourth-order valence-corrected chi connectivity index (χ4v) is 6.96. The number of carbonyl (C=O) groups is 1. The summed E-state index contributed by atoms with van der Waals surface area (Å²) >= 11 is 1.54. The van der Waals surface area contributed by atoms with Gasteiger partial charge in [0.15, 0.2) is 5.01 Å². The predicted molar refractivity (Wildman–Crippen MR) is 157 cm³/mol. The largest absolute Gasteiger partial charge is 0.381 e. The average Bonchev–Trinajstić information content (AvgIpc) is 3.66. The van der Waals surface area contributed by atoms with Gasteiger partial charge in [-0.3, -0.25) is 9.78 Å². The standard InChI is InChI=1S/C29H31N9O3S/c1-29(2,40)27(39)34-25-17-3-4-18(25)13-37(12-17)28-36-35-26(42-28)21-11-31-23(8-22(21)33-19-14-41-15-19)24-6-5-20-7-16(9-30)10-32-38(20)24/h5-8,10-11,17-19,25,40H,3-4,12-15H2,1-2H3,(H,31,33)(H,34,39)/t17-,18+,25+. The number of fused-ring (bicyclic) bond motifs is 3. The van der Waals surface area contributed by atoms with Crippen LogP contribution < -0.4 is 15.5 Å². The average molecular weight is 586 g/mol. The highest BCUT2D eigenvalue weighted by Crippen LogP contribution is 2.41. The van der Waals surface area contributed by atoms with Crippen molar-refractivity contribution in [3.8, 4) is 28.0 Å². The normalized spacial score (nSPS) is 22.1. The number of anilines is 2. The molecular weight excluding hydrogens is 554 g/mol. The molecule has 3 N–H and O–H groups in total. The minimum Gasteiger partial charge on any atom is -0.381 e. The number of carbonyl (C=O) groups excluding carboxylic acids is 1. The first-order valence-electron chi connectivity index (χ1n) is 14.1. The molecule has 1 amide bonds. The van der Waals surface area contributed by atoms with Crippen LogP contribution in [0.2, 0.25) is 0 Å². The highest BCUT2D eigenvalue weighted by Gasteiger charge is 2.44. The van der Waals surface area contributed by atoms with E-state index in [1.165, 1.54) is 25.2 Å². The van der Waals surface area contributed by atoms with Gasteiger partial charge in [-0.1, -0.05) is 11.3 Å². The summed E-state index contributed by atoms with van der Waals surface area (Å²) < 4.78 is 7.19. The van der Waals surface area contributed by atoms with Gasteiger partial charge in [0.05, 0.1) is 53.5 Å². The van der Waals surface area contributed by atoms with Gasteiger partial charge in [0.2, 0.25) is 5.13 Å². The topological polar surface area (TPSA) is 154 Å². The number of ether oxygens (including phenoxy) is 1. The number of amides is 1. The van der Waals surface area contributed by atoms with Gasteiger partial charge < -0.3 is 25.4 Å². The van der Waals surface area contributed by atoms with E-state index in [4.69, 9.17) is 9.72 Å². The zero-order chi connectivity index (χ0) is 29.0. The molecule has 3 aliphatic rings. The third-order valence-electron chi connectivity index (χ3n) is 8.40. The number of hydrogen-bond acceptors (Lipinski definition) is 11. The number of aromatic nitrogens is 5. The van der Waals surface area contributed by atoms with Crippen molar-refractivity contribution < 1.29 is 14.6 Å². The van der Waals surface area contributed by atoms with Crippen LogP contribution in [-0.4, -0.2) is 79.8 Å². The second-order valence-electron chi connectivity index (χ2n) is 11.9. The fraction of sp³-hybridized carbons (Fsp3) is 0.448. The number of nitriles is 1. The Morgan fingerprint density at radius 3 is 2.64 bits per heavy atom. The predicted octanol–water partition coefficient (Wildman–Crippen LogP) is 2.70. The van der Waals surface area contributed by atoms with Crippen molar-refractivity contribution in [1.29, 1.82) is 5.26 Å². The maximum Gasteiger partial charge on any atom is 0.251 e. The lowest BCUT2D eigenvalue weighted by atomic mass is 9.91. The van der Waals surface area contributed by atoms with Crippen LogP contribution in [0.5, 0.6) is 0 Å². The number of aliphatic hydroxyl groups is 1. The summed E-state index contributed by atoms with van der Waals surface area (Å²) in [5.41, 5.74) is 3.27. The Balaban J connectivity index is 1.15. The maximum absolute atomic E-state index is 12.5. The molecule has 3 fully saturated rings. The molecule has 13 heteroatoms. The van der Waals surface area contributed by atoms with Gasteiger partial charge in [0.25, 0.3) is 5.91 Å². The Morgan fingerprint density at radius 1 is 1.17 bits per heavy atom. The quantitative estimate of drug-likeness (QED) is 0.295. The fourth-order valence-electron chi connectivity index (χ4n) is 6.07. The molecule has 42 heavy (non-hydrogen) atoms. The lowest BCUT2D eigenvalue weighted by Gasteiger charge is -2.38. The molecule has 3 atom stereocenters. The molecule has 2 saturated heterocycles. The summed E-state index contributed by atoms with van der Waals surface area (Å²) in [6, 6.07) is 10.1. The molecule has 12 nitrogen and oxygen atoms in total. The molecule has 1 saturated carbocycles. The minimum atomic E-state index is -1.39. The van der Waals surface area contributed by atoms with Crippen molar-refractivity contribution >= 4 is 33.6 Å². The monoisotopic (exact) mass is 585 g/mol. The molecule has 4 aromatic heterocycles. The molecule has 2 bridgehead atoms. The summed E-state index contributed by atoms with van der Waals surface area (Å²) in [5, 5.41) is 41.2. The van der Waals surface area contributed by atoms with Crippen LogP contribution in [0.15, 0.2) is 36.7 Å². The highest BCUT2D eigenvalue weighted by molar-refractivity contribution is 7.18. The number of piperidine rings is 1. The highest BCUT2D eigenvalue weighted by atomic mass is 32.1. The van der Waals surface area contributed by atoms with Crippen molar-refractivity contribution in [3.05, 3.63) is 42.2 Å². The van der Waals surface area contributed by atoms with Crippen molar-refractivity contribution in [2.45, 2.75) is 44.4 Å². The molecule has 0 radical (unpaired) electrons. The lowest BCUT2D eigenvalue weighted by Crippen LogP contribution is -2.56. The summed E-state index contributed by atoms with van der Waals surface area (Å²) in [4.78, 5) is 19.5. The molecule has 7 rings (SSSR count). The van der Waals surface area contributed by atoms with Gasteiger partial charge in [-0.2, -0.15) is 10.4 Å². The third kappa shape index (κ3) is 4.85. The first-order chi connectivity index (χ1) is 20.3. The number of nitrogens with one attached hydrogen (secondary N) is 2. The molecule has 0 spiro atoms. The third-order valence-corrected chi connectivity index (χ3v) is 9.41. The van der Waals surface area contributed by atoms with E-state index in [0.717, 1.165) is 64.2 Å². The Kier molecular flexibility index (Phi) is 6.56. The second kappa shape index (κ2) is 10.3. The van der Waals surface area contributed by atoms with Crippen LogP contribution in [0.3, 0.4) is 0 Å². The summed E-state index contributed by atoms with van der Waals surface area (Å²) in [7, 11) is 0. The molecule has 0 aromatic carbocycles. The Hall–Kier alpha value is -4.12. The van der Waals surface area contributed by atoms with Crippen molar-refractivity contribution in [2.75, 3.05) is 36.5 Å². The van der Waals surface area contributed by atoms with E-state index in [0.29, 0.717) is 30.6 Å². The second-order valence-corrected chi connectivity index (χ2v) is 12.8. The number of hydrogen-bond donors (Lipinski definition) is 3. The van der Waals surface area contributed by atoms with Gasteiger partial charge in [0.1, 0.15) is 11.7 Å². The molecule has 1 aliphatic carbocycles. The van der Waals surface area contributed by atoms with E-state index in [1.54, 1.807) is 16.8 Å². The van der Waals surface area contributed by atoms with Crippen LogP contribution in [0.1, 0.15) is 32.3 Å². The van der Waals surface area contributed by atoms with Gasteiger partial charge in [-0.05, 0) is 62.8 Å². The van der Waals surface area contributed by atoms with Crippen molar-refractivity contribution in [1.82, 2.24) is 30.1 Å². The number of nitrogens with zero attached hydrogens (tertiary/aromatic N) is 7. The zero-order valence-electron chi connectivity index (χ0n) is 23.3. The van der Waals surface area contributed by atoms with Crippen LogP contribution >= 0.6 is 11.3 Å². The van der Waals surface area contributed by atoms with Crippen LogP contribution in [0.4, 0.5) is 10.8 Å². The molecule has 6 heterocycles. The summed E-state index contributed by atoms with van der Waals surface area (Å²) in [5.74, 6) is 0.280. The molecular formula is C29H31N9O3S. The molecule has 4 aromatic rings. The van der Waals surface area contributed by atoms with Crippen molar-refractivity contribution in [3.63, 3.8) is 0 Å². The van der Waals surface area contributed by atoms with Gasteiger partial charge in [-0.15, -0.1) is 10.2 Å². The Labute approximate surface area is 246 Å². The van der Waals surface area contributed by atoms with Gasteiger partial charge in [0, 0.05) is 31.0 Å². The minimum absolute atomic E-state index is 0.0657. The SMILES string of the molecule is CC(C)(O)C(=O)N[C@H]1[C@@H]2CC[C@H]1CN(c1nnc(-c3cnc(-c4ccc5cc(C#N)cnn45)cc3NC3COC3)s1)C2. The van der Waals surface area contributed by atoms with E-state index < -0.39 is 5.60 Å². The maximum atomic E-state index is 12.5. The van der Waals surface area contributed by atoms with E-state index in [2.05, 4.69) is 36.9 Å². The van der Waals surface area contributed by atoms with Crippen molar-refractivity contribution in [2.24, 2.45) is 11.8 Å². The van der Waals surface area contributed by atoms with E-state index >= 15 is 0 Å². The number of pyridine rings is 1. The first kappa shape index (κ1) is 26.8. The number of rotatable bonds is 7. The molecule has 2 aliphatic heterocycles. The van der Waals surface area contributed by atoms with E-state index in [9.17, 15) is 15.2 Å². The zero-order valence-corrected chi connectivity index (χ0v) is 24.1.